The van der Waals surface area contributed by atoms with Crippen LogP contribution >= 0.6 is 15.9 Å². The fourth-order valence-corrected chi connectivity index (χ4v) is 2.36. The summed E-state index contributed by atoms with van der Waals surface area (Å²) in [6.45, 7) is 2.87. The maximum Gasteiger partial charge on any atom is 0.124 e. The van der Waals surface area contributed by atoms with Crippen molar-refractivity contribution >= 4 is 15.9 Å². The Hall–Kier alpha value is -1.13. The van der Waals surface area contributed by atoms with E-state index in [0.29, 0.717) is 0 Å². The molecule has 0 aliphatic carbocycles. The number of benzene rings is 1. The van der Waals surface area contributed by atoms with Crippen molar-refractivity contribution in [2.45, 2.75) is 13.5 Å². The average molecular weight is 294 g/mol. The predicted molar refractivity (Wildman–Crippen MR) is 73.8 cm³/mol. The highest BCUT2D eigenvalue weighted by Crippen LogP contribution is 2.30. The van der Waals surface area contributed by atoms with Gasteiger partial charge in [0.1, 0.15) is 16.1 Å². The Morgan fingerprint density at radius 1 is 1.35 bits per heavy atom. The number of hydrogen-bond acceptors (Lipinski definition) is 2. The maximum absolute atomic E-state index is 4.68. The van der Waals surface area contributed by atoms with Crippen molar-refractivity contribution in [2.24, 2.45) is 7.05 Å². The van der Waals surface area contributed by atoms with Crippen molar-refractivity contribution in [1.29, 1.82) is 0 Å². The first kappa shape index (κ1) is 12.3. The van der Waals surface area contributed by atoms with Crippen LogP contribution in [0.2, 0.25) is 0 Å². The van der Waals surface area contributed by atoms with E-state index in [4.69, 9.17) is 0 Å². The van der Waals surface area contributed by atoms with Crippen LogP contribution in [-0.2, 0) is 13.6 Å². The van der Waals surface area contributed by atoms with Gasteiger partial charge in [0, 0.05) is 12.6 Å². The normalized spacial score (nSPS) is 10.8. The van der Waals surface area contributed by atoms with Crippen molar-refractivity contribution < 1.29 is 0 Å². The molecule has 0 spiro atoms. The Kier molecular flexibility index (Phi) is 3.64. The molecule has 0 atom stereocenters. The van der Waals surface area contributed by atoms with Crippen LogP contribution in [0.15, 0.2) is 28.9 Å². The lowest BCUT2D eigenvalue weighted by Crippen LogP contribution is -2.10. The maximum atomic E-state index is 4.68. The number of rotatable bonds is 3. The van der Waals surface area contributed by atoms with E-state index >= 15 is 0 Å². The number of hydrogen-bond donors (Lipinski definition) is 1. The Bertz CT molecular complexity index is 531. The Balaban J connectivity index is 2.53. The molecular formula is C13H16BrN3. The van der Waals surface area contributed by atoms with E-state index in [1.54, 1.807) is 0 Å². The van der Waals surface area contributed by atoms with Gasteiger partial charge < -0.3 is 9.88 Å². The van der Waals surface area contributed by atoms with E-state index in [0.717, 1.165) is 22.7 Å². The van der Waals surface area contributed by atoms with Gasteiger partial charge in [0.2, 0.25) is 0 Å². The smallest absolute Gasteiger partial charge is 0.124 e. The van der Waals surface area contributed by atoms with Crippen LogP contribution in [-0.4, -0.2) is 16.6 Å². The third-order valence-electron chi connectivity index (χ3n) is 2.85. The second kappa shape index (κ2) is 5.02. The molecule has 0 amide bonds. The summed E-state index contributed by atoms with van der Waals surface area (Å²) in [6.07, 6.45) is 0. The van der Waals surface area contributed by atoms with Crippen molar-refractivity contribution in [3.63, 3.8) is 0 Å². The van der Waals surface area contributed by atoms with E-state index < -0.39 is 0 Å². The topological polar surface area (TPSA) is 29.9 Å². The molecule has 3 nitrogen and oxygen atoms in total. The molecule has 0 saturated heterocycles. The molecule has 0 aliphatic heterocycles. The average Bonchev–Trinajstić information content (AvgIpc) is 2.59. The van der Waals surface area contributed by atoms with Crippen molar-refractivity contribution in [2.75, 3.05) is 7.05 Å². The molecule has 90 valence electrons. The molecule has 0 bridgehead atoms. The number of imidazole rings is 1. The van der Waals surface area contributed by atoms with Crippen molar-refractivity contribution in [1.82, 2.24) is 14.9 Å². The summed E-state index contributed by atoms with van der Waals surface area (Å²) in [5, 5.41) is 3.13. The molecule has 0 fully saturated rings. The lowest BCUT2D eigenvalue weighted by molar-refractivity contribution is 0.704. The molecular weight excluding hydrogens is 278 g/mol. The second-order valence-corrected chi connectivity index (χ2v) is 4.82. The summed E-state index contributed by atoms with van der Waals surface area (Å²) in [6, 6.07) is 8.30. The van der Waals surface area contributed by atoms with Crippen molar-refractivity contribution in [3.05, 3.63) is 40.3 Å². The predicted octanol–water partition coefficient (Wildman–Crippen LogP) is 2.88. The highest BCUT2D eigenvalue weighted by atomic mass is 79.9. The zero-order valence-corrected chi connectivity index (χ0v) is 11.9. The van der Waals surface area contributed by atoms with Gasteiger partial charge in [-0.15, -0.1) is 0 Å². The van der Waals surface area contributed by atoms with Crippen LogP contribution in [0.4, 0.5) is 0 Å². The molecule has 2 aromatic rings. The Morgan fingerprint density at radius 2 is 2.06 bits per heavy atom. The van der Waals surface area contributed by atoms with Crippen LogP contribution in [0.25, 0.3) is 11.3 Å². The number of aromatic nitrogens is 2. The van der Waals surface area contributed by atoms with Crippen LogP contribution in [0, 0.1) is 6.92 Å². The monoisotopic (exact) mass is 293 g/mol. The van der Waals surface area contributed by atoms with Gasteiger partial charge in [0.05, 0.1) is 6.54 Å². The van der Waals surface area contributed by atoms with E-state index in [1.807, 2.05) is 26.2 Å². The van der Waals surface area contributed by atoms with E-state index in [9.17, 15) is 0 Å². The minimum atomic E-state index is 0.765. The van der Waals surface area contributed by atoms with E-state index in [2.05, 4.69) is 49.9 Å². The van der Waals surface area contributed by atoms with Crippen LogP contribution < -0.4 is 5.32 Å². The van der Waals surface area contributed by atoms with Gasteiger partial charge in [-0.05, 0) is 35.5 Å². The number of aryl methyl sites for hydroxylation is 1. The van der Waals surface area contributed by atoms with Gasteiger partial charge in [-0.3, -0.25) is 0 Å². The van der Waals surface area contributed by atoms with Gasteiger partial charge >= 0.3 is 0 Å². The first-order valence-electron chi connectivity index (χ1n) is 5.57. The highest BCUT2D eigenvalue weighted by molar-refractivity contribution is 9.10. The zero-order valence-electron chi connectivity index (χ0n) is 10.3. The second-order valence-electron chi connectivity index (χ2n) is 4.07. The molecule has 1 aromatic heterocycles. The van der Waals surface area contributed by atoms with Crippen LogP contribution in [0.3, 0.4) is 0 Å². The fourth-order valence-electron chi connectivity index (χ4n) is 1.85. The van der Waals surface area contributed by atoms with Gasteiger partial charge in [0.15, 0.2) is 0 Å². The van der Waals surface area contributed by atoms with Crippen LogP contribution in [0.5, 0.6) is 0 Å². The molecule has 0 aliphatic rings. The fraction of sp³-hybridized carbons (Fsp3) is 0.308. The summed E-state index contributed by atoms with van der Waals surface area (Å²) in [5.74, 6) is 1.03. The van der Waals surface area contributed by atoms with Crippen molar-refractivity contribution in [3.8, 4) is 11.3 Å². The number of nitrogens with one attached hydrogen (secondary N) is 1. The zero-order chi connectivity index (χ0) is 12.4. The molecule has 4 heteroatoms. The van der Waals surface area contributed by atoms with E-state index in [-0.39, 0.29) is 0 Å². The first-order valence-corrected chi connectivity index (χ1v) is 6.36. The molecule has 0 unspecified atom stereocenters. The third kappa shape index (κ3) is 2.28. The SMILES string of the molecule is CNCc1nc(-c2ccccc2C)c(Br)n1C. The molecule has 0 radical (unpaired) electrons. The van der Waals surface area contributed by atoms with Crippen LogP contribution in [0.1, 0.15) is 11.4 Å². The quantitative estimate of drug-likeness (QED) is 0.943. The molecule has 1 N–H and O–H groups in total. The van der Waals surface area contributed by atoms with E-state index in [1.165, 1.54) is 11.1 Å². The minimum absolute atomic E-state index is 0.765. The molecule has 1 aromatic carbocycles. The summed E-state index contributed by atoms with van der Waals surface area (Å²) in [5.41, 5.74) is 3.43. The molecule has 0 saturated carbocycles. The lowest BCUT2D eigenvalue weighted by Gasteiger charge is -2.02. The summed E-state index contributed by atoms with van der Waals surface area (Å²) < 4.78 is 3.09. The minimum Gasteiger partial charge on any atom is -0.324 e. The lowest BCUT2D eigenvalue weighted by atomic mass is 10.1. The largest absolute Gasteiger partial charge is 0.324 e. The Labute approximate surface area is 110 Å². The summed E-state index contributed by atoms with van der Waals surface area (Å²) in [4.78, 5) is 4.68. The molecule has 17 heavy (non-hydrogen) atoms. The van der Waals surface area contributed by atoms with Gasteiger partial charge in [-0.2, -0.15) is 0 Å². The molecule has 2 rings (SSSR count). The first-order chi connectivity index (χ1) is 8.15. The highest BCUT2D eigenvalue weighted by Gasteiger charge is 2.14. The van der Waals surface area contributed by atoms with Gasteiger partial charge in [0.25, 0.3) is 0 Å². The molecule has 1 heterocycles. The van der Waals surface area contributed by atoms with Gasteiger partial charge in [-0.25, -0.2) is 4.98 Å². The number of nitrogens with zero attached hydrogens (tertiary/aromatic N) is 2. The summed E-state index contributed by atoms with van der Waals surface area (Å²) in [7, 11) is 3.95. The standard InChI is InChI=1S/C13H16BrN3/c1-9-6-4-5-7-10(9)12-13(14)17(3)11(16-12)8-15-2/h4-7,15H,8H2,1-3H3. The number of halogens is 1. The third-order valence-corrected chi connectivity index (χ3v) is 3.76. The summed E-state index contributed by atoms with van der Waals surface area (Å²) >= 11 is 3.61. The van der Waals surface area contributed by atoms with Gasteiger partial charge in [-0.1, -0.05) is 24.3 Å². The Morgan fingerprint density at radius 3 is 2.71 bits per heavy atom.